The summed E-state index contributed by atoms with van der Waals surface area (Å²) in [5.41, 5.74) is -0.354. The zero-order valence-corrected chi connectivity index (χ0v) is 19.3. The predicted octanol–water partition coefficient (Wildman–Crippen LogP) is 3.94. The second-order valence-electron chi connectivity index (χ2n) is 8.20. The number of para-hydroxylation sites is 1. The van der Waals surface area contributed by atoms with Gasteiger partial charge in [0.15, 0.2) is 0 Å². The Hall–Kier alpha value is -3.72. The van der Waals surface area contributed by atoms with Gasteiger partial charge in [0, 0.05) is 35.9 Å². The number of aliphatic hydroxyl groups is 1. The highest BCUT2D eigenvalue weighted by Gasteiger charge is 2.52. The fourth-order valence-electron chi connectivity index (χ4n) is 4.36. The largest absolute Gasteiger partial charge is 0.466 e. The first-order valence-corrected chi connectivity index (χ1v) is 11.0. The number of hydrogen-bond acceptors (Lipinski definition) is 8. The summed E-state index contributed by atoms with van der Waals surface area (Å²) in [5.74, 6) is -3.63. The predicted molar refractivity (Wildman–Crippen MR) is 125 cm³/mol. The summed E-state index contributed by atoms with van der Waals surface area (Å²) in [5, 5.41) is 26.1. The lowest BCUT2D eigenvalue weighted by Crippen LogP contribution is -2.49. The van der Waals surface area contributed by atoms with Gasteiger partial charge in [0.1, 0.15) is 0 Å². The van der Waals surface area contributed by atoms with Gasteiger partial charge >= 0.3 is 11.9 Å². The summed E-state index contributed by atoms with van der Waals surface area (Å²) in [6, 6.07) is 14.7. The van der Waals surface area contributed by atoms with Crippen molar-refractivity contribution in [2.45, 2.75) is 38.7 Å². The summed E-state index contributed by atoms with van der Waals surface area (Å²) in [6.45, 7) is 4.95. The highest BCUT2D eigenvalue weighted by atomic mass is 16.6. The number of hydrogen-bond donors (Lipinski definition) is 2. The van der Waals surface area contributed by atoms with Crippen molar-refractivity contribution < 1.29 is 29.1 Å². The van der Waals surface area contributed by atoms with E-state index in [1.165, 1.54) is 25.1 Å². The SMILES string of the molecule is CCOC(=O)C1=C(Nc2ccccc2)C[C@@](C)(O)[C@H](C(=O)OCC)[C@H]1c1cccc([N+](=O)[O-])c1. The molecule has 0 heterocycles. The molecule has 1 aliphatic rings. The second kappa shape index (κ2) is 10.5. The fourth-order valence-corrected chi connectivity index (χ4v) is 4.36. The van der Waals surface area contributed by atoms with E-state index in [-0.39, 0.29) is 30.9 Å². The Morgan fingerprint density at radius 2 is 1.79 bits per heavy atom. The number of anilines is 1. The van der Waals surface area contributed by atoms with E-state index < -0.39 is 34.3 Å². The monoisotopic (exact) mass is 468 g/mol. The first-order valence-electron chi connectivity index (χ1n) is 11.0. The number of carbonyl (C=O) groups is 2. The topological polar surface area (TPSA) is 128 Å². The van der Waals surface area contributed by atoms with Crippen LogP contribution in [0, 0.1) is 16.0 Å². The minimum Gasteiger partial charge on any atom is -0.466 e. The molecule has 0 aliphatic heterocycles. The van der Waals surface area contributed by atoms with Crippen molar-refractivity contribution in [3.63, 3.8) is 0 Å². The average molecular weight is 469 g/mol. The molecule has 2 aromatic rings. The van der Waals surface area contributed by atoms with Gasteiger partial charge in [0.05, 0.1) is 35.2 Å². The number of rotatable bonds is 8. The van der Waals surface area contributed by atoms with Crippen molar-refractivity contribution in [2.24, 2.45) is 5.92 Å². The lowest BCUT2D eigenvalue weighted by molar-refractivity contribution is -0.384. The smallest absolute Gasteiger partial charge is 0.336 e. The molecule has 3 atom stereocenters. The molecule has 34 heavy (non-hydrogen) atoms. The van der Waals surface area contributed by atoms with Crippen LogP contribution in [0.25, 0.3) is 0 Å². The van der Waals surface area contributed by atoms with Crippen LogP contribution in [0.1, 0.15) is 38.7 Å². The molecule has 0 saturated heterocycles. The summed E-state index contributed by atoms with van der Waals surface area (Å²) >= 11 is 0. The van der Waals surface area contributed by atoms with E-state index in [9.17, 15) is 24.8 Å². The van der Waals surface area contributed by atoms with Gasteiger partial charge in [-0.05, 0) is 38.5 Å². The molecule has 0 amide bonds. The second-order valence-corrected chi connectivity index (χ2v) is 8.20. The molecule has 1 aliphatic carbocycles. The van der Waals surface area contributed by atoms with E-state index in [1.807, 2.05) is 18.2 Å². The number of nitrogens with zero attached hydrogens (tertiary/aromatic N) is 1. The Kier molecular flexibility index (Phi) is 7.68. The molecule has 0 bridgehead atoms. The molecule has 0 fully saturated rings. The lowest BCUT2D eigenvalue weighted by Gasteiger charge is -2.43. The van der Waals surface area contributed by atoms with Crippen LogP contribution >= 0.6 is 0 Å². The van der Waals surface area contributed by atoms with Gasteiger partial charge in [-0.15, -0.1) is 0 Å². The number of non-ortho nitro benzene ring substituents is 1. The molecular weight excluding hydrogens is 440 g/mol. The third-order valence-corrected chi connectivity index (χ3v) is 5.72. The van der Waals surface area contributed by atoms with Gasteiger partial charge in [-0.2, -0.15) is 0 Å². The maximum atomic E-state index is 13.3. The van der Waals surface area contributed by atoms with Gasteiger partial charge in [-0.25, -0.2) is 4.79 Å². The van der Waals surface area contributed by atoms with Crippen LogP contribution in [0.5, 0.6) is 0 Å². The van der Waals surface area contributed by atoms with Crippen molar-refractivity contribution >= 4 is 23.3 Å². The molecule has 180 valence electrons. The van der Waals surface area contributed by atoms with Crippen molar-refractivity contribution in [1.82, 2.24) is 0 Å². The number of benzene rings is 2. The third kappa shape index (κ3) is 5.26. The Labute approximate surface area is 197 Å². The minimum absolute atomic E-state index is 0.0645. The molecule has 2 aromatic carbocycles. The quantitative estimate of drug-likeness (QED) is 0.339. The standard InChI is InChI=1S/C25H28N2O7/c1-4-33-23(28)21-19(26-17-11-7-6-8-12-17)15-25(3,30)22(24(29)34-5-2)20(21)16-10-9-13-18(14-16)27(31)32/h6-14,20,22,26,30H,4-5,15H2,1-3H3/t20-,22-,25+/m0/s1. The van der Waals surface area contributed by atoms with Gasteiger partial charge in [-0.1, -0.05) is 30.3 Å². The summed E-state index contributed by atoms with van der Waals surface area (Å²) in [6.07, 6.45) is -0.0645. The number of esters is 2. The summed E-state index contributed by atoms with van der Waals surface area (Å²) < 4.78 is 10.6. The van der Waals surface area contributed by atoms with Crippen LogP contribution < -0.4 is 5.32 Å². The normalized spacial score (nSPS) is 22.1. The molecule has 0 unspecified atom stereocenters. The van der Waals surface area contributed by atoms with Crippen LogP contribution in [0.4, 0.5) is 11.4 Å². The molecule has 3 rings (SSSR count). The van der Waals surface area contributed by atoms with E-state index in [0.717, 1.165) is 0 Å². The van der Waals surface area contributed by atoms with Gasteiger partial charge in [-0.3, -0.25) is 14.9 Å². The molecule has 0 radical (unpaired) electrons. The fraction of sp³-hybridized carbons (Fsp3) is 0.360. The van der Waals surface area contributed by atoms with Crippen LogP contribution in [-0.2, 0) is 19.1 Å². The zero-order valence-electron chi connectivity index (χ0n) is 19.3. The van der Waals surface area contributed by atoms with Crippen molar-refractivity contribution in [3.05, 3.63) is 81.5 Å². The first kappa shape index (κ1) is 24.9. The summed E-state index contributed by atoms with van der Waals surface area (Å²) in [7, 11) is 0. The molecule has 9 heteroatoms. The molecule has 0 aromatic heterocycles. The molecule has 0 saturated carbocycles. The molecular formula is C25H28N2O7. The van der Waals surface area contributed by atoms with E-state index in [4.69, 9.17) is 9.47 Å². The van der Waals surface area contributed by atoms with Crippen LogP contribution in [0.2, 0.25) is 0 Å². The van der Waals surface area contributed by atoms with Crippen molar-refractivity contribution in [1.29, 1.82) is 0 Å². The van der Waals surface area contributed by atoms with Gasteiger partial charge in [0.25, 0.3) is 5.69 Å². The lowest BCUT2D eigenvalue weighted by atomic mass is 9.65. The van der Waals surface area contributed by atoms with Gasteiger partial charge < -0.3 is 19.9 Å². The van der Waals surface area contributed by atoms with Crippen LogP contribution in [-0.4, -0.2) is 40.8 Å². The first-order chi connectivity index (χ1) is 16.2. The molecule has 0 spiro atoms. The maximum absolute atomic E-state index is 13.3. The number of nitro groups is 1. The Balaban J connectivity index is 2.28. The highest BCUT2D eigenvalue weighted by molar-refractivity contribution is 5.94. The Bertz CT molecular complexity index is 1100. The van der Waals surface area contributed by atoms with Crippen molar-refractivity contribution in [3.8, 4) is 0 Å². The summed E-state index contributed by atoms with van der Waals surface area (Å²) in [4.78, 5) is 37.2. The average Bonchev–Trinajstić information content (AvgIpc) is 2.79. The molecule has 2 N–H and O–H groups in total. The number of carbonyl (C=O) groups excluding carboxylic acids is 2. The Morgan fingerprint density at radius 1 is 1.12 bits per heavy atom. The van der Waals surface area contributed by atoms with Crippen LogP contribution in [0.3, 0.4) is 0 Å². The Morgan fingerprint density at radius 3 is 2.41 bits per heavy atom. The number of ether oxygens (including phenoxy) is 2. The number of nitro benzene ring substituents is 1. The van der Waals surface area contributed by atoms with E-state index in [0.29, 0.717) is 16.9 Å². The zero-order chi connectivity index (χ0) is 24.9. The third-order valence-electron chi connectivity index (χ3n) is 5.72. The highest BCUT2D eigenvalue weighted by Crippen LogP contribution is 2.48. The minimum atomic E-state index is -1.63. The van der Waals surface area contributed by atoms with Crippen molar-refractivity contribution in [2.75, 3.05) is 18.5 Å². The van der Waals surface area contributed by atoms with E-state index >= 15 is 0 Å². The van der Waals surface area contributed by atoms with E-state index in [2.05, 4.69) is 5.32 Å². The van der Waals surface area contributed by atoms with E-state index in [1.54, 1.807) is 32.0 Å². The number of nitrogens with one attached hydrogen (secondary N) is 1. The van der Waals surface area contributed by atoms with Crippen LogP contribution in [0.15, 0.2) is 65.9 Å². The van der Waals surface area contributed by atoms with Gasteiger partial charge in [0.2, 0.25) is 0 Å². The maximum Gasteiger partial charge on any atom is 0.336 e. The molecule has 9 nitrogen and oxygen atoms in total.